The van der Waals surface area contributed by atoms with E-state index in [0.29, 0.717) is 12.1 Å². The van der Waals surface area contributed by atoms with Gasteiger partial charge in [-0.1, -0.05) is 0 Å². The average Bonchev–Trinajstić information content (AvgIpc) is 2.21. The lowest BCUT2D eigenvalue weighted by Crippen LogP contribution is -2.31. The van der Waals surface area contributed by atoms with Crippen molar-refractivity contribution in [3.63, 3.8) is 0 Å². The monoisotopic (exact) mass is 274 g/mol. The summed E-state index contributed by atoms with van der Waals surface area (Å²) in [6.07, 6.45) is 0. The van der Waals surface area contributed by atoms with Crippen LogP contribution in [-0.4, -0.2) is 21.5 Å². The predicted molar refractivity (Wildman–Crippen MR) is 69.4 cm³/mol. The van der Waals surface area contributed by atoms with E-state index < -0.39 is 15.8 Å². The van der Waals surface area contributed by atoms with E-state index in [2.05, 4.69) is 10.0 Å². The lowest BCUT2D eigenvalue weighted by molar-refractivity contribution is 0.563. The second-order valence-electron chi connectivity index (χ2n) is 4.51. The summed E-state index contributed by atoms with van der Waals surface area (Å²) in [5, 5.41) is 2.87. The van der Waals surface area contributed by atoms with Gasteiger partial charge >= 0.3 is 0 Å². The van der Waals surface area contributed by atoms with Crippen molar-refractivity contribution in [1.82, 2.24) is 10.0 Å². The van der Waals surface area contributed by atoms with E-state index in [1.165, 1.54) is 19.1 Å². The van der Waals surface area contributed by atoms with Crippen LogP contribution in [0.3, 0.4) is 0 Å². The summed E-state index contributed by atoms with van der Waals surface area (Å²) in [5.74, 6) is -0.508. The Balaban J connectivity index is 3.30. The first kappa shape index (κ1) is 15.1. The van der Waals surface area contributed by atoms with Crippen LogP contribution < -0.4 is 10.0 Å². The Kier molecular flexibility index (Phi) is 4.84. The highest BCUT2D eigenvalue weighted by Gasteiger charge is 2.20. The molecule has 6 heteroatoms. The maximum Gasteiger partial charge on any atom is 0.241 e. The standard InChI is InChI=1S/C12H19FN2O2S/c1-8(2)15-18(16,17)12-6-10(7-14-4)5-11(13)9(12)3/h5-6,8,14-15H,7H2,1-4H3. The number of benzene rings is 1. The van der Waals surface area contributed by atoms with E-state index in [1.54, 1.807) is 20.9 Å². The molecular weight excluding hydrogens is 255 g/mol. The molecule has 0 spiro atoms. The van der Waals surface area contributed by atoms with Crippen molar-refractivity contribution in [1.29, 1.82) is 0 Å². The van der Waals surface area contributed by atoms with Gasteiger partial charge in [-0.25, -0.2) is 17.5 Å². The van der Waals surface area contributed by atoms with E-state index in [9.17, 15) is 12.8 Å². The van der Waals surface area contributed by atoms with Crippen LogP contribution in [0.4, 0.5) is 4.39 Å². The zero-order valence-corrected chi connectivity index (χ0v) is 11.9. The average molecular weight is 274 g/mol. The maximum absolute atomic E-state index is 13.7. The molecule has 102 valence electrons. The summed E-state index contributed by atoms with van der Waals surface area (Å²) < 4.78 is 40.3. The molecule has 0 atom stereocenters. The van der Waals surface area contributed by atoms with Crippen LogP contribution in [0.2, 0.25) is 0 Å². The lowest BCUT2D eigenvalue weighted by Gasteiger charge is -2.13. The second kappa shape index (κ2) is 5.77. The molecule has 0 aliphatic heterocycles. The molecule has 0 amide bonds. The molecule has 0 aromatic heterocycles. The third-order valence-electron chi connectivity index (χ3n) is 2.42. The Morgan fingerprint density at radius 2 is 1.94 bits per heavy atom. The van der Waals surface area contributed by atoms with Crippen molar-refractivity contribution in [2.24, 2.45) is 0 Å². The van der Waals surface area contributed by atoms with E-state index in [-0.39, 0.29) is 16.5 Å². The van der Waals surface area contributed by atoms with Crippen LogP contribution in [0.5, 0.6) is 0 Å². The number of hydrogen-bond donors (Lipinski definition) is 2. The van der Waals surface area contributed by atoms with Gasteiger partial charge in [-0.3, -0.25) is 0 Å². The minimum atomic E-state index is -3.67. The maximum atomic E-state index is 13.7. The van der Waals surface area contributed by atoms with Gasteiger partial charge in [-0.05, 0) is 45.5 Å². The van der Waals surface area contributed by atoms with Crippen molar-refractivity contribution >= 4 is 10.0 Å². The quantitative estimate of drug-likeness (QED) is 0.856. The van der Waals surface area contributed by atoms with Crippen LogP contribution in [-0.2, 0) is 16.6 Å². The highest BCUT2D eigenvalue weighted by molar-refractivity contribution is 7.89. The fourth-order valence-electron chi connectivity index (χ4n) is 1.67. The lowest BCUT2D eigenvalue weighted by atomic mass is 10.1. The molecule has 0 heterocycles. The molecule has 0 aliphatic carbocycles. The molecule has 18 heavy (non-hydrogen) atoms. The molecule has 0 saturated heterocycles. The van der Waals surface area contributed by atoms with Gasteiger partial charge in [0.05, 0.1) is 4.90 Å². The summed E-state index contributed by atoms with van der Waals surface area (Å²) in [4.78, 5) is 0.00134. The summed E-state index contributed by atoms with van der Waals surface area (Å²) in [6, 6.07) is 2.62. The van der Waals surface area contributed by atoms with E-state index in [1.807, 2.05) is 0 Å². The summed E-state index contributed by atoms with van der Waals surface area (Å²) in [7, 11) is -1.95. The minimum Gasteiger partial charge on any atom is -0.316 e. The first-order chi connectivity index (χ1) is 8.27. The van der Waals surface area contributed by atoms with Crippen LogP contribution in [0.25, 0.3) is 0 Å². The number of rotatable bonds is 5. The Labute approximate surface area is 108 Å². The fraction of sp³-hybridized carbons (Fsp3) is 0.500. The normalized spacial score (nSPS) is 12.1. The Morgan fingerprint density at radius 3 is 2.44 bits per heavy atom. The van der Waals surface area contributed by atoms with Crippen LogP contribution in [0.15, 0.2) is 17.0 Å². The van der Waals surface area contributed by atoms with Gasteiger partial charge < -0.3 is 5.32 Å². The Hall–Kier alpha value is -0.980. The number of nitrogens with one attached hydrogen (secondary N) is 2. The highest BCUT2D eigenvalue weighted by atomic mass is 32.2. The van der Waals surface area contributed by atoms with Crippen LogP contribution in [0, 0.1) is 12.7 Å². The number of sulfonamides is 1. The van der Waals surface area contributed by atoms with E-state index in [4.69, 9.17) is 0 Å². The molecule has 1 rings (SSSR count). The third kappa shape index (κ3) is 3.51. The Morgan fingerprint density at radius 1 is 1.33 bits per heavy atom. The fourth-order valence-corrected chi connectivity index (χ4v) is 3.22. The van der Waals surface area contributed by atoms with E-state index >= 15 is 0 Å². The van der Waals surface area contributed by atoms with Crippen molar-refractivity contribution in [2.45, 2.75) is 38.3 Å². The van der Waals surface area contributed by atoms with Gasteiger partial charge in [0.15, 0.2) is 0 Å². The molecular formula is C12H19FN2O2S. The Bertz CT molecular complexity index is 527. The molecule has 1 aromatic carbocycles. The molecule has 0 unspecified atom stereocenters. The zero-order chi connectivity index (χ0) is 13.9. The molecule has 0 radical (unpaired) electrons. The highest BCUT2D eigenvalue weighted by Crippen LogP contribution is 2.20. The second-order valence-corrected chi connectivity index (χ2v) is 6.19. The first-order valence-corrected chi connectivity index (χ1v) is 7.22. The van der Waals surface area contributed by atoms with Gasteiger partial charge in [0, 0.05) is 18.2 Å². The summed E-state index contributed by atoms with van der Waals surface area (Å²) >= 11 is 0. The van der Waals surface area contributed by atoms with Gasteiger partial charge in [0.25, 0.3) is 0 Å². The van der Waals surface area contributed by atoms with Crippen molar-refractivity contribution in [2.75, 3.05) is 7.05 Å². The number of halogens is 1. The molecule has 0 bridgehead atoms. The van der Waals surface area contributed by atoms with Crippen molar-refractivity contribution < 1.29 is 12.8 Å². The SMILES string of the molecule is CNCc1cc(F)c(C)c(S(=O)(=O)NC(C)C)c1. The zero-order valence-electron chi connectivity index (χ0n) is 11.0. The summed E-state index contributed by atoms with van der Waals surface area (Å²) in [5.41, 5.74) is 0.743. The van der Waals surface area contributed by atoms with Gasteiger partial charge in [0.2, 0.25) is 10.0 Å². The molecule has 0 fully saturated rings. The first-order valence-electron chi connectivity index (χ1n) is 5.74. The van der Waals surface area contributed by atoms with Gasteiger partial charge in [-0.2, -0.15) is 0 Å². The molecule has 1 aromatic rings. The predicted octanol–water partition coefficient (Wildman–Crippen LogP) is 1.54. The van der Waals surface area contributed by atoms with Crippen molar-refractivity contribution in [3.8, 4) is 0 Å². The molecule has 0 saturated carbocycles. The number of hydrogen-bond acceptors (Lipinski definition) is 3. The van der Waals surface area contributed by atoms with Gasteiger partial charge in [0.1, 0.15) is 5.82 Å². The van der Waals surface area contributed by atoms with Crippen LogP contribution >= 0.6 is 0 Å². The molecule has 0 aliphatic rings. The molecule has 2 N–H and O–H groups in total. The van der Waals surface area contributed by atoms with E-state index in [0.717, 1.165) is 0 Å². The third-order valence-corrected chi connectivity index (χ3v) is 4.20. The molecule has 4 nitrogen and oxygen atoms in total. The van der Waals surface area contributed by atoms with Gasteiger partial charge in [-0.15, -0.1) is 0 Å². The van der Waals surface area contributed by atoms with Crippen molar-refractivity contribution in [3.05, 3.63) is 29.1 Å². The topological polar surface area (TPSA) is 58.2 Å². The summed E-state index contributed by atoms with van der Waals surface area (Å²) in [6.45, 7) is 5.33. The minimum absolute atomic E-state index is 0.00134. The van der Waals surface area contributed by atoms with Crippen LogP contribution in [0.1, 0.15) is 25.0 Å². The smallest absolute Gasteiger partial charge is 0.241 e. The largest absolute Gasteiger partial charge is 0.316 e.